The minimum absolute atomic E-state index is 0. The third-order valence-corrected chi connectivity index (χ3v) is 10.1. The second kappa shape index (κ2) is 6.69. The van der Waals surface area contributed by atoms with Gasteiger partial charge in [-0.2, -0.15) is 0 Å². The predicted molar refractivity (Wildman–Crippen MR) is 73.2 cm³/mol. The summed E-state index contributed by atoms with van der Waals surface area (Å²) >= 11 is 2.56. The van der Waals surface area contributed by atoms with Gasteiger partial charge in [0, 0.05) is 17.1 Å². The Morgan fingerprint density at radius 2 is 1.00 bits per heavy atom. The Labute approximate surface area is 114 Å². The number of hydrogen-bond acceptors (Lipinski definition) is 0. The largest absolute Gasteiger partial charge is 0 e. The van der Waals surface area contributed by atoms with E-state index < -0.39 is 17.6 Å². The second-order valence-corrected chi connectivity index (χ2v) is 10.7. The molecule has 2 aromatic carbocycles. The van der Waals surface area contributed by atoms with Gasteiger partial charge in [0.15, 0.2) is 0 Å². The average molecular weight is 417 g/mol. The monoisotopic (exact) mass is 416 g/mol. The van der Waals surface area contributed by atoms with Crippen LogP contribution in [0.5, 0.6) is 0 Å². The average Bonchev–Trinajstić information content (AvgIpc) is 2.30. The minimum Gasteiger partial charge on any atom is 0 e. The minimum atomic E-state index is -1.29. The van der Waals surface area contributed by atoms with Gasteiger partial charge in [-0.25, -0.2) is 0 Å². The van der Waals surface area contributed by atoms with Crippen LogP contribution in [0.2, 0.25) is 0 Å². The zero-order valence-electron chi connectivity index (χ0n) is 7.88. The molecule has 0 nitrogen and oxygen atoms in total. The number of hydrogen-bond donors (Lipinski definition) is 0. The van der Waals surface area contributed by atoms with Crippen LogP contribution in [0.3, 0.4) is 0 Å². The van der Waals surface area contributed by atoms with E-state index in [1.54, 1.807) is 0 Å². The molecule has 0 aliphatic carbocycles. The summed E-state index contributed by atoms with van der Waals surface area (Å²) in [5.74, 6) is 0. The summed E-state index contributed by atoms with van der Waals surface area (Å²) in [5.41, 5.74) is 0. The fourth-order valence-electron chi connectivity index (χ4n) is 1.18. The van der Waals surface area contributed by atoms with Crippen LogP contribution >= 0.6 is 30.3 Å². The van der Waals surface area contributed by atoms with Crippen LogP contribution in [0, 0.1) is 7.14 Å². The molecule has 0 saturated heterocycles. The molecule has 0 aliphatic rings. The molecule has 0 aromatic heterocycles. The van der Waals surface area contributed by atoms with E-state index in [0.717, 1.165) is 0 Å². The Bertz CT molecular complexity index is 351. The van der Waals surface area contributed by atoms with E-state index in [-0.39, 0.29) is 17.1 Å². The molecule has 0 saturated carbocycles. The van der Waals surface area contributed by atoms with Crippen molar-refractivity contribution in [1.29, 1.82) is 0 Å². The number of benzene rings is 2. The van der Waals surface area contributed by atoms with Gasteiger partial charge in [-0.3, -0.25) is 0 Å². The van der Waals surface area contributed by atoms with Gasteiger partial charge < -0.3 is 0 Å². The van der Waals surface area contributed by atoms with Crippen LogP contribution in [-0.2, 0) is 17.1 Å². The van der Waals surface area contributed by atoms with Crippen LogP contribution < -0.4 is 0 Å². The Morgan fingerprint density at radius 3 is 1.33 bits per heavy atom. The fraction of sp³-hybridized carbons (Fsp3) is 0. The van der Waals surface area contributed by atoms with Gasteiger partial charge in [0.25, 0.3) is 0 Å². The van der Waals surface area contributed by atoms with E-state index in [1.165, 1.54) is 7.14 Å². The predicted octanol–water partition coefficient (Wildman–Crippen LogP) is 4.54. The Kier molecular flexibility index (Phi) is 5.90. The molecule has 0 spiro atoms. The molecule has 0 radical (unpaired) electrons. The molecule has 15 heavy (non-hydrogen) atoms. The van der Waals surface area contributed by atoms with Crippen molar-refractivity contribution in [2.24, 2.45) is 0 Å². The Morgan fingerprint density at radius 1 is 0.667 bits per heavy atom. The smallest absolute Gasteiger partial charge is 0 e. The quantitative estimate of drug-likeness (QED) is 0.498. The van der Waals surface area contributed by atoms with Gasteiger partial charge in [0.2, 0.25) is 0 Å². The van der Waals surface area contributed by atoms with Crippen LogP contribution in [-0.4, -0.2) is 0 Å². The summed E-state index contributed by atoms with van der Waals surface area (Å²) in [4.78, 5) is 0. The zero-order valence-corrected chi connectivity index (χ0v) is 12.7. The first kappa shape index (κ1) is 13.2. The zero-order chi connectivity index (χ0) is 9.80. The van der Waals surface area contributed by atoms with Gasteiger partial charge in [0.1, 0.15) is 0 Å². The molecular weight excluding hydrogens is 407 g/mol. The molecule has 0 aliphatic heterocycles. The van der Waals surface area contributed by atoms with Gasteiger partial charge in [0.05, 0.1) is 0 Å². The van der Waals surface area contributed by atoms with Crippen molar-refractivity contribution in [3.63, 3.8) is 0 Å². The molecule has 3 heteroatoms. The van der Waals surface area contributed by atoms with Gasteiger partial charge >= 0.3 is 98.1 Å². The number of halogens is 2. The Hall–Kier alpha value is 0.169. The van der Waals surface area contributed by atoms with E-state index in [4.69, 9.17) is 0 Å². The second-order valence-electron chi connectivity index (χ2n) is 2.83. The van der Waals surface area contributed by atoms with E-state index in [1.807, 2.05) is 0 Å². The van der Waals surface area contributed by atoms with Crippen LogP contribution in [0.15, 0.2) is 60.7 Å². The van der Waals surface area contributed by atoms with Crippen molar-refractivity contribution in [3.05, 3.63) is 67.8 Å². The molecule has 0 atom stereocenters. The topological polar surface area (TPSA) is 0 Å². The molecule has 0 N–H and O–H groups in total. The van der Waals surface area contributed by atoms with Crippen molar-refractivity contribution < 1.29 is 17.1 Å². The fourth-order valence-corrected chi connectivity index (χ4v) is 6.67. The third-order valence-electron chi connectivity index (χ3n) is 1.85. The van der Waals surface area contributed by atoms with E-state index in [2.05, 4.69) is 73.4 Å². The van der Waals surface area contributed by atoms with Crippen molar-refractivity contribution in [2.45, 2.75) is 0 Å². The van der Waals surface area contributed by atoms with E-state index in [9.17, 15) is 0 Å². The van der Waals surface area contributed by atoms with Gasteiger partial charge in [-0.05, 0) is 0 Å². The maximum atomic E-state index is 3.85. The molecule has 80 valence electrons. The summed E-state index contributed by atoms with van der Waals surface area (Å²) in [5, 5.41) is 0. The summed E-state index contributed by atoms with van der Waals surface area (Å²) in [6, 6.07) is 21.3. The molecule has 0 heterocycles. The van der Waals surface area contributed by atoms with Crippen LogP contribution in [0.4, 0.5) is 0 Å². The molecule has 0 amide bonds. The van der Waals surface area contributed by atoms with Gasteiger partial charge in [-0.1, -0.05) is 0 Å². The first-order valence-corrected chi connectivity index (χ1v) is 11.3. The molecular formula is C12H10BrFeI. The molecule has 2 aromatic rings. The van der Waals surface area contributed by atoms with Crippen molar-refractivity contribution in [1.82, 2.24) is 0 Å². The van der Waals surface area contributed by atoms with Gasteiger partial charge in [-0.15, -0.1) is 0 Å². The van der Waals surface area contributed by atoms with E-state index in [0.29, 0.717) is 0 Å². The van der Waals surface area contributed by atoms with Crippen molar-refractivity contribution in [2.75, 3.05) is 0 Å². The van der Waals surface area contributed by atoms with Crippen LogP contribution in [0.1, 0.15) is 0 Å². The molecule has 2 rings (SSSR count). The molecule has 0 bridgehead atoms. The van der Waals surface area contributed by atoms with Crippen molar-refractivity contribution in [3.8, 4) is 0 Å². The maximum absolute atomic E-state index is 3.85. The summed E-state index contributed by atoms with van der Waals surface area (Å²) in [7, 11) is 0. The number of rotatable bonds is 2. The third kappa shape index (κ3) is 3.59. The van der Waals surface area contributed by atoms with Crippen LogP contribution in [0.25, 0.3) is 0 Å². The normalized spacial score (nSPS) is 10.3. The standard InChI is InChI=1S/C12H10BrI.Fe/c13-14(11-7-3-1-4-8-11)12-9-5-2-6-10-12;/h1-10H;. The summed E-state index contributed by atoms with van der Waals surface area (Å²) in [6.45, 7) is 0. The SMILES string of the molecule is BrI(c1ccccc1)c1ccccc1.[Fe]. The molecule has 0 unspecified atom stereocenters. The first-order valence-electron chi connectivity index (χ1n) is 4.34. The first-order chi connectivity index (χ1) is 6.88. The van der Waals surface area contributed by atoms with E-state index >= 15 is 0 Å². The van der Waals surface area contributed by atoms with Crippen molar-refractivity contribution >= 4 is 30.3 Å². The summed E-state index contributed by atoms with van der Waals surface area (Å²) < 4.78 is 2.89. The summed E-state index contributed by atoms with van der Waals surface area (Å²) in [6.07, 6.45) is 0. The maximum Gasteiger partial charge on any atom is 0 e. The Balaban J connectivity index is 0.00000112. The molecule has 0 fully saturated rings.